The second-order valence-electron chi connectivity index (χ2n) is 4.05. The standard InChI is InChI=1S/C7H10.C3H9N/c1-2-7-4-3-6(1)5-7;1-4(2)3/h1,7H,2-5H2;1-3H3. The average molecular weight is 153 g/mol. The van der Waals surface area contributed by atoms with E-state index in [0.29, 0.717) is 0 Å². The van der Waals surface area contributed by atoms with Gasteiger partial charge in [-0.05, 0) is 52.7 Å². The van der Waals surface area contributed by atoms with Crippen LogP contribution >= 0.6 is 0 Å². The van der Waals surface area contributed by atoms with Gasteiger partial charge in [0.05, 0.1) is 0 Å². The third-order valence-electron chi connectivity index (χ3n) is 2.16. The van der Waals surface area contributed by atoms with Crippen LogP contribution in [0.1, 0.15) is 25.7 Å². The van der Waals surface area contributed by atoms with Crippen LogP contribution in [-0.4, -0.2) is 26.0 Å². The summed E-state index contributed by atoms with van der Waals surface area (Å²) >= 11 is 0. The molecule has 2 aliphatic rings. The first kappa shape index (κ1) is 8.79. The number of hydrogen-bond donors (Lipinski definition) is 0. The van der Waals surface area contributed by atoms with Crippen molar-refractivity contribution in [2.75, 3.05) is 21.1 Å². The molecule has 11 heavy (non-hydrogen) atoms. The van der Waals surface area contributed by atoms with Gasteiger partial charge in [0.25, 0.3) is 0 Å². The molecule has 1 saturated carbocycles. The summed E-state index contributed by atoms with van der Waals surface area (Å²) in [6, 6.07) is 0. The molecule has 2 rings (SSSR count). The minimum absolute atomic E-state index is 1.08. The lowest BCUT2D eigenvalue weighted by molar-refractivity contribution is 0.505. The Balaban J connectivity index is 0.000000134. The van der Waals surface area contributed by atoms with Gasteiger partial charge in [-0.15, -0.1) is 0 Å². The van der Waals surface area contributed by atoms with Gasteiger partial charge in [0.2, 0.25) is 0 Å². The molecule has 0 N–H and O–H groups in total. The van der Waals surface area contributed by atoms with Gasteiger partial charge in [-0.25, -0.2) is 0 Å². The lowest BCUT2D eigenvalue weighted by atomic mass is 10.1. The molecule has 0 heterocycles. The van der Waals surface area contributed by atoms with Crippen LogP contribution < -0.4 is 0 Å². The molecule has 1 nitrogen and oxygen atoms in total. The second kappa shape index (κ2) is 3.91. The van der Waals surface area contributed by atoms with Crippen LogP contribution in [0.5, 0.6) is 0 Å². The Labute approximate surface area is 70.1 Å². The van der Waals surface area contributed by atoms with Gasteiger partial charge >= 0.3 is 0 Å². The third-order valence-corrected chi connectivity index (χ3v) is 2.16. The van der Waals surface area contributed by atoms with E-state index in [1.165, 1.54) is 25.7 Å². The van der Waals surface area contributed by atoms with E-state index >= 15 is 0 Å². The fraction of sp³-hybridized carbons (Fsp3) is 0.800. The van der Waals surface area contributed by atoms with Gasteiger partial charge in [0, 0.05) is 0 Å². The lowest BCUT2D eigenvalue weighted by Gasteiger charge is -1.98. The molecule has 64 valence electrons. The molecule has 1 atom stereocenters. The summed E-state index contributed by atoms with van der Waals surface area (Å²) in [6.07, 6.45) is 8.18. The van der Waals surface area contributed by atoms with Crippen molar-refractivity contribution in [1.29, 1.82) is 0 Å². The van der Waals surface area contributed by atoms with E-state index in [2.05, 4.69) is 6.08 Å². The molecule has 0 spiro atoms. The van der Waals surface area contributed by atoms with E-state index in [0.717, 1.165) is 5.92 Å². The Bertz CT molecular complexity index is 144. The SMILES string of the molecule is C1=C2CCC(C1)C2.CN(C)C. The van der Waals surface area contributed by atoms with Crippen LogP contribution in [0.2, 0.25) is 0 Å². The first-order valence-corrected chi connectivity index (χ1v) is 4.47. The zero-order chi connectivity index (χ0) is 8.27. The van der Waals surface area contributed by atoms with Gasteiger partial charge in [0.15, 0.2) is 0 Å². The van der Waals surface area contributed by atoms with E-state index in [1.807, 2.05) is 26.0 Å². The van der Waals surface area contributed by atoms with Crippen molar-refractivity contribution in [3.05, 3.63) is 11.6 Å². The molecule has 0 aromatic carbocycles. The Morgan fingerprint density at radius 2 is 2.00 bits per heavy atom. The highest BCUT2D eigenvalue weighted by Gasteiger charge is 2.22. The predicted molar refractivity (Wildman–Crippen MR) is 49.7 cm³/mol. The molecular weight excluding hydrogens is 134 g/mol. The third kappa shape index (κ3) is 3.06. The van der Waals surface area contributed by atoms with Gasteiger partial charge in [-0.3, -0.25) is 0 Å². The van der Waals surface area contributed by atoms with Crippen LogP contribution in [0, 0.1) is 5.92 Å². The molecule has 0 amide bonds. The summed E-state index contributed by atoms with van der Waals surface area (Å²) in [5.74, 6) is 1.08. The lowest BCUT2D eigenvalue weighted by Crippen LogP contribution is -1.99. The maximum atomic E-state index is 2.42. The molecule has 1 heteroatoms. The molecule has 1 unspecified atom stereocenters. The van der Waals surface area contributed by atoms with E-state index in [-0.39, 0.29) is 0 Å². The van der Waals surface area contributed by atoms with Crippen molar-refractivity contribution in [3.8, 4) is 0 Å². The van der Waals surface area contributed by atoms with E-state index in [9.17, 15) is 0 Å². The monoisotopic (exact) mass is 153 g/mol. The zero-order valence-electron chi connectivity index (χ0n) is 7.93. The van der Waals surface area contributed by atoms with Crippen molar-refractivity contribution < 1.29 is 0 Å². The Hall–Kier alpha value is -0.300. The summed E-state index contributed by atoms with van der Waals surface area (Å²) in [7, 11) is 6.00. The molecule has 2 bridgehead atoms. The number of hydrogen-bond acceptors (Lipinski definition) is 1. The van der Waals surface area contributed by atoms with Crippen LogP contribution in [-0.2, 0) is 0 Å². The van der Waals surface area contributed by atoms with E-state index in [4.69, 9.17) is 0 Å². The highest BCUT2D eigenvalue weighted by atomic mass is 15.0. The van der Waals surface area contributed by atoms with Crippen molar-refractivity contribution >= 4 is 0 Å². The molecule has 0 radical (unpaired) electrons. The smallest absolute Gasteiger partial charge is 0.0140 e. The van der Waals surface area contributed by atoms with Gasteiger partial charge in [-0.1, -0.05) is 11.6 Å². The zero-order valence-corrected chi connectivity index (χ0v) is 7.93. The predicted octanol–water partition coefficient (Wildman–Crippen LogP) is 2.29. The van der Waals surface area contributed by atoms with E-state index < -0.39 is 0 Å². The first-order valence-electron chi connectivity index (χ1n) is 4.47. The Morgan fingerprint density at radius 1 is 1.36 bits per heavy atom. The largest absolute Gasteiger partial charge is 0.312 e. The van der Waals surface area contributed by atoms with Crippen molar-refractivity contribution in [3.63, 3.8) is 0 Å². The first-order chi connectivity index (χ1) is 5.18. The van der Waals surface area contributed by atoms with Crippen LogP contribution in [0.25, 0.3) is 0 Å². The molecule has 2 aliphatic carbocycles. The van der Waals surface area contributed by atoms with Crippen LogP contribution in [0.15, 0.2) is 11.6 Å². The van der Waals surface area contributed by atoms with Gasteiger partial charge in [0.1, 0.15) is 0 Å². The molecule has 1 fully saturated rings. The van der Waals surface area contributed by atoms with Crippen molar-refractivity contribution in [2.45, 2.75) is 25.7 Å². The number of rotatable bonds is 0. The summed E-state index contributed by atoms with van der Waals surface area (Å²) in [5.41, 5.74) is 1.74. The average Bonchev–Trinajstić information content (AvgIpc) is 2.45. The minimum Gasteiger partial charge on any atom is -0.312 e. The topological polar surface area (TPSA) is 3.24 Å². The fourth-order valence-corrected chi connectivity index (χ4v) is 1.68. The quantitative estimate of drug-likeness (QED) is 0.483. The molecule has 0 aromatic heterocycles. The highest BCUT2D eigenvalue weighted by molar-refractivity contribution is 5.15. The molecular formula is C10H19N. The number of fused-ring (bicyclic) bond motifs is 2. The number of nitrogens with zero attached hydrogens (tertiary/aromatic N) is 1. The van der Waals surface area contributed by atoms with E-state index in [1.54, 1.807) is 5.57 Å². The highest BCUT2D eigenvalue weighted by Crippen LogP contribution is 2.38. The second-order valence-corrected chi connectivity index (χ2v) is 4.05. The molecule has 0 aliphatic heterocycles. The maximum absolute atomic E-state index is 2.42. The van der Waals surface area contributed by atoms with Crippen LogP contribution in [0.3, 0.4) is 0 Å². The Kier molecular flexibility index (Phi) is 3.13. The van der Waals surface area contributed by atoms with Gasteiger partial charge < -0.3 is 4.90 Å². The Morgan fingerprint density at radius 3 is 2.09 bits per heavy atom. The summed E-state index contributed by atoms with van der Waals surface area (Å²) in [5, 5.41) is 0. The maximum Gasteiger partial charge on any atom is -0.0140 e. The van der Waals surface area contributed by atoms with Crippen molar-refractivity contribution in [2.24, 2.45) is 5.92 Å². The fourth-order valence-electron chi connectivity index (χ4n) is 1.68. The normalized spacial score (nSPS) is 26.5. The van der Waals surface area contributed by atoms with Crippen molar-refractivity contribution in [1.82, 2.24) is 4.90 Å². The van der Waals surface area contributed by atoms with Crippen LogP contribution in [0.4, 0.5) is 0 Å². The number of allylic oxidation sites excluding steroid dienone is 2. The minimum atomic E-state index is 1.08. The van der Waals surface area contributed by atoms with Gasteiger partial charge in [-0.2, -0.15) is 0 Å². The molecule has 0 aromatic rings. The summed E-state index contributed by atoms with van der Waals surface area (Å²) < 4.78 is 0. The summed E-state index contributed by atoms with van der Waals surface area (Å²) in [6.45, 7) is 0. The molecule has 0 saturated heterocycles. The summed E-state index contributed by atoms with van der Waals surface area (Å²) in [4.78, 5) is 2.00.